The van der Waals surface area contributed by atoms with E-state index in [9.17, 15) is 15.2 Å². The summed E-state index contributed by atoms with van der Waals surface area (Å²) in [5, 5.41) is 20.3. The van der Waals surface area contributed by atoms with Crippen molar-refractivity contribution >= 4 is 29.2 Å². The molecule has 102 valence electrons. The van der Waals surface area contributed by atoms with Gasteiger partial charge in [0, 0.05) is 22.8 Å². The third kappa shape index (κ3) is 2.72. The summed E-state index contributed by atoms with van der Waals surface area (Å²) in [6.07, 6.45) is -1.57. The zero-order valence-corrected chi connectivity index (χ0v) is 11.3. The first kappa shape index (κ1) is 13.2. The van der Waals surface area contributed by atoms with Gasteiger partial charge in [-0.05, 0) is 12.1 Å². The second-order valence-corrected chi connectivity index (χ2v) is 6.82. The molecule has 0 spiro atoms. The van der Waals surface area contributed by atoms with E-state index in [0.29, 0.717) is 5.75 Å². The van der Waals surface area contributed by atoms with Gasteiger partial charge in [0.25, 0.3) is 5.69 Å². The number of hydrogen-bond acceptors (Lipinski definition) is 7. The van der Waals surface area contributed by atoms with Gasteiger partial charge < -0.3 is 14.6 Å². The molecule has 2 aliphatic heterocycles. The van der Waals surface area contributed by atoms with E-state index in [1.807, 2.05) is 0 Å². The molecule has 2 heterocycles. The molecule has 8 heteroatoms. The van der Waals surface area contributed by atoms with Crippen LogP contribution in [0.1, 0.15) is 0 Å². The fraction of sp³-hybridized carbons (Fsp3) is 0.455. The Balaban J connectivity index is 1.69. The maximum atomic E-state index is 10.6. The topological polar surface area (TPSA) is 81.8 Å². The lowest BCUT2D eigenvalue weighted by atomic mass is 10.3. The Kier molecular flexibility index (Phi) is 3.68. The van der Waals surface area contributed by atoms with Gasteiger partial charge in [-0.1, -0.05) is 0 Å². The molecule has 2 fully saturated rings. The smallest absolute Gasteiger partial charge is 0.269 e. The fourth-order valence-corrected chi connectivity index (χ4v) is 4.56. The third-order valence-corrected chi connectivity index (χ3v) is 5.65. The molecule has 2 saturated heterocycles. The molecule has 1 N–H and O–H groups in total. The van der Waals surface area contributed by atoms with Gasteiger partial charge in [0.1, 0.15) is 6.10 Å². The van der Waals surface area contributed by atoms with Crippen LogP contribution in [-0.2, 0) is 9.47 Å². The van der Waals surface area contributed by atoms with Gasteiger partial charge in [-0.2, -0.15) is 0 Å². The summed E-state index contributed by atoms with van der Waals surface area (Å²) < 4.78 is 10.8. The number of nitrogens with zero attached hydrogens (tertiary/aromatic N) is 1. The average molecular weight is 301 g/mol. The van der Waals surface area contributed by atoms with Gasteiger partial charge >= 0.3 is 0 Å². The number of aliphatic hydroxyl groups is 1. The third-order valence-electron chi connectivity index (χ3n) is 2.85. The number of nitro groups is 1. The molecule has 0 unspecified atom stereocenters. The highest BCUT2D eigenvalue weighted by Gasteiger charge is 2.45. The summed E-state index contributed by atoms with van der Waals surface area (Å²) in [5.41, 5.74) is 0.0706. The predicted molar refractivity (Wildman–Crippen MR) is 71.0 cm³/mol. The summed E-state index contributed by atoms with van der Waals surface area (Å²) in [6.45, 7) is 0. The van der Waals surface area contributed by atoms with E-state index >= 15 is 0 Å². The van der Waals surface area contributed by atoms with Crippen LogP contribution < -0.4 is 0 Å². The molecule has 0 radical (unpaired) electrons. The normalized spacial score (nSPS) is 33.3. The summed E-state index contributed by atoms with van der Waals surface area (Å²) in [7, 11) is 0. The SMILES string of the molecule is O=[N+]([O-])c1ccc(S[C@@H]2SC[C@@H]3O[C@H]2[C@@H](O)O3)cc1. The van der Waals surface area contributed by atoms with Crippen molar-refractivity contribution in [1.29, 1.82) is 0 Å². The van der Waals surface area contributed by atoms with Crippen molar-refractivity contribution in [2.24, 2.45) is 0 Å². The minimum atomic E-state index is -0.893. The van der Waals surface area contributed by atoms with Crippen molar-refractivity contribution in [2.45, 2.75) is 28.2 Å². The van der Waals surface area contributed by atoms with Crippen molar-refractivity contribution in [1.82, 2.24) is 0 Å². The maximum absolute atomic E-state index is 10.6. The molecular weight excluding hydrogens is 290 g/mol. The van der Waals surface area contributed by atoms with Crippen molar-refractivity contribution < 1.29 is 19.5 Å². The minimum absolute atomic E-state index is 0.0233. The molecule has 0 aromatic heterocycles. The summed E-state index contributed by atoms with van der Waals surface area (Å²) >= 11 is 3.19. The average Bonchev–Trinajstić information content (AvgIpc) is 2.70. The van der Waals surface area contributed by atoms with Crippen LogP contribution in [0.25, 0.3) is 0 Å². The van der Waals surface area contributed by atoms with Crippen LogP contribution in [0.5, 0.6) is 0 Å². The standard InChI is InChI=1S/C11H11NO5S2/c13-10-9-11(18-5-8(16-9)17-10)19-7-3-1-6(2-4-7)12(14)15/h1-4,8-11,13H,5H2/t8-,9+,10+,11+/m1/s1. The largest absolute Gasteiger partial charge is 0.366 e. The maximum Gasteiger partial charge on any atom is 0.269 e. The number of thioether (sulfide) groups is 2. The number of benzene rings is 1. The second kappa shape index (κ2) is 5.29. The number of rotatable bonds is 3. The van der Waals surface area contributed by atoms with E-state index in [4.69, 9.17) is 9.47 Å². The van der Waals surface area contributed by atoms with Gasteiger partial charge in [0.05, 0.1) is 9.51 Å². The van der Waals surface area contributed by atoms with Gasteiger partial charge in [-0.25, -0.2) is 0 Å². The fourth-order valence-electron chi connectivity index (χ4n) is 1.93. The minimum Gasteiger partial charge on any atom is -0.366 e. The first-order valence-electron chi connectivity index (χ1n) is 5.65. The van der Waals surface area contributed by atoms with Gasteiger partial charge in [0.2, 0.25) is 0 Å². The van der Waals surface area contributed by atoms with Crippen LogP contribution >= 0.6 is 23.5 Å². The monoisotopic (exact) mass is 301 g/mol. The lowest BCUT2D eigenvalue weighted by molar-refractivity contribution is -0.384. The highest BCUT2D eigenvalue weighted by atomic mass is 32.2. The highest BCUT2D eigenvalue weighted by Crippen LogP contribution is 2.43. The molecule has 6 nitrogen and oxygen atoms in total. The molecule has 3 rings (SSSR count). The molecule has 19 heavy (non-hydrogen) atoms. The Labute approximate surface area is 117 Å². The number of non-ortho nitro benzene ring substituents is 1. The van der Waals surface area contributed by atoms with E-state index in [0.717, 1.165) is 4.90 Å². The Morgan fingerprint density at radius 3 is 2.79 bits per heavy atom. The van der Waals surface area contributed by atoms with Crippen LogP contribution in [0.3, 0.4) is 0 Å². The molecule has 2 bridgehead atoms. The van der Waals surface area contributed by atoms with Crippen LogP contribution in [-0.4, -0.2) is 39.0 Å². The quantitative estimate of drug-likeness (QED) is 0.673. The Hall–Kier alpha value is -0.800. The Morgan fingerprint density at radius 1 is 1.37 bits per heavy atom. The van der Waals surface area contributed by atoms with E-state index in [-0.39, 0.29) is 22.7 Å². The molecule has 0 amide bonds. The Bertz CT molecular complexity index is 482. The van der Waals surface area contributed by atoms with Crippen molar-refractivity contribution in [2.75, 3.05) is 5.75 Å². The van der Waals surface area contributed by atoms with Crippen molar-refractivity contribution in [3.8, 4) is 0 Å². The van der Waals surface area contributed by atoms with Crippen molar-refractivity contribution in [3.05, 3.63) is 34.4 Å². The number of fused-ring (bicyclic) bond motifs is 2. The predicted octanol–water partition coefficient (Wildman–Crippen LogP) is 1.82. The molecule has 4 atom stereocenters. The first-order valence-corrected chi connectivity index (χ1v) is 7.58. The zero-order valence-electron chi connectivity index (χ0n) is 9.67. The second-order valence-electron chi connectivity index (χ2n) is 4.13. The van der Waals surface area contributed by atoms with Crippen LogP contribution in [0.2, 0.25) is 0 Å². The van der Waals surface area contributed by atoms with Crippen LogP contribution in [0, 0.1) is 10.1 Å². The molecule has 2 aliphatic rings. The number of nitro benzene ring substituents is 1. The summed E-state index contributed by atoms with van der Waals surface area (Å²) in [4.78, 5) is 11.1. The highest BCUT2D eigenvalue weighted by molar-refractivity contribution is 8.17. The van der Waals surface area contributed by atoms with E-state index in [2.05, 4.69) is 0 Å². The number of aliphatic hydroxyl groups excluding tert-OH is 1. The summed E-state index contributed by atoms with van der Waals surface area (Å²) in [6, 6.07) is 6.36. The molecule has 0 saturated carbocycles. The van der Waals surface area contributed by atoms with Gasteiger partial charge in [0.15, 0.2) is 12.6 Å². The number of ether oxygens (including phenoxy) is 2. The molecular formula is C11H11NO5S2. The van der Waals surface area contributed by atoms with Gasteiger partial charge in [-0.15, -0.1) is 23.5 Å². The van der Waals surface area contributed by atoms with E-state index < -0.39 is 11.2 Å². The first-order chi connectivity index (χ1) is 9.13. The van der Waals surface area contributed by atoms with Crippen LogP contribution in [0.4, 0.5) is 5.69 Å². The lowest BCUT2D eigenvalue weighted by Gasteiger charge is -2.26. The number of hydrogen-bond donors (Lipinski definition) is 1. The lowest BCUT2D eigenvalue weighted by Crippen LogP contribution is -2.33. The van der Waals surface area contributed by atoms with Crippen LogP contribution in [0.15, 0.2) is 29.2 Å². The molecule has 0 aliphatic carbocycles. The van der Waals surface area contributed by atoms with Crippen molar-refractivity contribution in [3.63, 3.8) is 0 Å². The zero-order chi connectivity index (χ0) is 13.4. The van der Waals surface area contributed by atoms with E-state index in [1.54, 1.807) is 23.9 Å². The molecule has 1 aromatic carbocycles. The summed E-state index contributed by atoms with van der Waals surface area (Å²) in [5.74, 6) is 0.679. The van der Waals surface area contributed by atoms with E-state index in [1.165, 1.54) is 23.9 Å². The van der Waals surface area contributed by atoms with Gasteiger partial charge in [-0.3, -0.25) is 10.1 Å². The Morgan fingerprint density at radius 2 is 2.11 bits per heavy atom. The molecule has 1 aromatic rings.